The van der Waals surface area contributed by atoms with Gasteiger partial charge in [-0.2, -0.15) is 36.5 Å². The van der Waals surface area contributed by atoms with Crippen molar-refractivity contribution in [3.05, 3.63) is 107 Å². The number of aromatic amines is 2. The minimum absolute atomic E-state index is 0.141. The fourth-order valence-electron chi connectivity index (χ4n) is 6.58. The van der Waals surface area contributed by atoms with Gasteiger partial charge in [-0.15, -0.1) is 20.4 Å². The summed E-state index contributed by atoms with van der Waals surface area (Å²) in [4.78, 5) is 21.1. The number of nitrogens with zero attached hydrogens (tertiary/aromatic N) is 8. The number of nitrogens with one attached hydrogen (secondary N) is 5. The number of alkyl halides is 6. The van der Waals surface area contributed by atoms with Crippen molar-refractivity contribution in [3.8, 4) is 21.1 Å². The smallest absolute Gasteiger partial charge is 0.416 e. The Bertz CT molecular complexity index is 2960. The van der Waals surface area contributed by atoms with Crippen LogP contribution < -0.4 is 21.7 Å². The number of amides is 1. The highest BCUT2D eigenvalue weighted by atomic mass is 32.1. The summed E-state index contributed by atoms with van der Waals surface area (Å²) < 4.78 is 83.4. The van der Waals surface area contributed by atoms with Crippen LogP contribution >= 0.6 is 22.7 Å². The lowest BCUT2D eigenvalue weighted by Gasteiger charge is -2.24. The van der Waals surface area contributed by atoms with Gasteiger partial charge in [-0.1, -0.05) is 59.1 Å². The lowest BCUT2D eigenvalue weighted by molar-refractivity contribution is -0.138. The second-order valence-electron chi connectivity index (χ2n) is 16.4. The van der Waals surface area contributed by atoms with Gasteiger partial charge in [0.15, 0.2) is 21.3 Å². The van der Waals surface area contributed by atoms with Crippen LogP contribution in [0.25, 0.3) is 43.2 Å². The van der Waals surface area contributed by atoms with E-state index in [1.807, 2.05) is 26.0 Å². The number of hydrogen-bond acceptors (Lipinski definition) is 15. The van der Waals surface area contributed by atoms with Crippen LogP contribution in [-0.4, -0.2) is 87.6 Å². The Morgan fingerprint density at radius 3 is 1.66 bits per heavy atom. The SMILES string of the molecule is Cc1[nH]nc2ncc(-c3nnc(NC[C@@H](N)Cc4cccc(C(F)(F)F)c4)s3)cc12.Cc1[nH]nc2ncc(-c3nnc(NC[C@H](Cc4cccc(C(F)(F)F)c4)NC(=O)OC(C)(C)C)s3)cc12. The number of pyridine rings is 2. The molecule has 67 heavy (non-hydrogen) atoms. The third-order valence-electron chi connectivity index (χ3n) is 9.77. The van der Waals surface area contributed by atoms with Crippen molar-refractivity contribution < 1.29 is 35.9 Å². The molecule has 6 aromatic heterocycles. The Labute approximate surface area is 386 Å². The zero-order valence-corrected chi connectivity index (χ0v) is 38.1. The first kappa shape index (κ1) is 48.2. The number of H-pyrrole nitrogens is 2. The van der Waals surface area contributed by atoms with Crippen LogP contribution in [0.5, 0.6) is 0 Å². The lowest BCUT2D eigenvalue weighted by atomic mass is 10.0. The molecule has 2 atom stereocenters. The van der Waals surface area contributed by atoms with E-state index in [1.165, 1.54) is 34.8 Å². The maximum absolute atomic E-state index is 13.2. The number of hydrogen-bond donors (Lipinski definition) is 6. The van der Waals surface area contributed by atoms with Gasteiger partial charge in [-0.25, -0.2) is 14.8 Å². The molecule has 0 aliphatic carbocycles. The van der Waals surface area contributed by atoms with Gasteiger partial charge >= 0.3 is 18.4 Å². The normalized spacial score (nSPS) is 13.0. The maximum Gasteiger partial charge on any atom is 0.416 e. The summed E-state index contributed by atoms with van der Waals surface area (Å²) >= 11 is 2.64. The summed E-state index contributed by atoms with van der Waals surface area (Å²) in [5.74, 6) is 0. The summed E-state index contributed by atoms with van der Waals surface area (Å²) in [6.07, 6.45) is -5.70. The van der Waals surface area contributed by atoms with Crippen molar-refractivity contribution in [2.75, 3.05) is 23.7 Å². The van der Waals surface area contributed by atoms with E-state index >= 15 is 0 Å². The summed E-state index contributed by atoms with van der Waals surface area (Å²) in [7, 11) is 0. The highest BCUT2D eigenvalue weighted by Crippen LogP contribution is 2.33. The van der Waals surface area contributed by atoms with Crippen LogP contribution in [0.4, 0.5) is 41.4 Å². The van der Waals surface area contributed by atoms with E-state index in [2.05, 4.69) is 66.7 Å². The topological polar surface area (TPSA) is 223 Å². The summed E-state index contributed by atoms with van der Waals surface area (Å²) in [5.41, 5.74) is 9.54. The van der Waals surface area contributed by atoms with E-state index in [1.54, 1.807) is 45.3 Å². The summed E-state index contributed by atoms with van der Waals surface area (Å²) in [5, 5.41) is 43.8. The van der Waals surface area contributed by atoms with Crippen molar-refractivity contribution in [2.45, 2.75) is 77.5 Å². The molecule has 7 N–H and O–H groups in total. The third kappa shape index (κ3) is 13.0. The Hall–Kier alpha value is -6.79. The fourth-order valence-corrected chi connectivity index (χ4v) is 8.04. The van der Waals surface area contributed by atoms with Crippen LogP contribution in [0.15, 0.2) is 73.1 Å². The molecule has 0 fully saturated rings. The molecule has 0 radical (unpaired) electrons. The quantitative estimate of drug-likeness (QED) is 0.0594. The molecule has 0 aliphatic rings. The number of carbonyl (C=O) groups is 1. The van der Waals surface area contributed by atoms with Gasteiger partial charge in [0.2, 0.25) is 10.3 Å². The number of aryl methyl sites for hydroxylation is 2. The highest BCUT2D eigenvalue weighted by molar-refractivity contribution is 7.18. The predicted octanol–water partition coefficient (Wildman–Crippen LogP) is 9.14. The zero-order chi connectivity index (χ0) is 48.1. The number of carbonyl (C=O) groups excluding carboxylic acids is 1. The molecule has 352 valence electrons. The second kappa shape index (κ2) is 20.0. The van der Waals surface area contributed by atoms with Crippen LogP contribution in [0.3, 0.4) is 0 Å². The third-order valence-corrected chi connectivity index (χ3v) is 11.6. The number of alkyl carbamates (subject to hydrolysis) is 1. The van der Waals surface area contributed by atoms with Gasteiger partial charge in [-0.05, 0) is 82.9 Å². The maximum atomic E-state index is 13.2. The number of fused-ring (bicyclic) bond motifs is 2. The van der Waals surface area contributed by atoms with E-state index in [9.17, 15) is 31.1 Å². The highest BCUT2D eigenvalue weighted by Gasteiger charge is 2.32. The number of ether oxygens (including phenoxy) is 1. The minimum Gasteiger partial charge on any atom is -0.444 e. The van der Waals surface area contributed by atoms with E-state index in [4.69, 9.17) is 10.5 Å². The molecule has 24 heteroatoms. The number of aromatic nitrogens is 10. The van der Waals surface area contributed by atoms with Crippen LogP contribution in [0, 0.1) is 13.8 Å². The van der Waals surface area contributed by atoms with E-state index in [-0.39, 0.29) is 19.0 Å². The van der Waals surface area contributed by atoms with Crippen molar-refractivity contribution in [3.63, 3.8) is 0 Å². The molecule has 2 aromatic carbocycles. The second-order valence-corrected chi connectivity index (χ2v) is 18.3. The van der Waals surface area contributed by atoms with Crippen LogP contribution in [0.1, 0.15) is 54.4 Å². The number of rotatable bonds is 13. The minimum atomic E-state index is -4.46. The fraction of sp³-hybridized carbons (Fsp3) is 0.326. The number of anilines is 2. The van der Waals surface area contributed by atoms with Crippen LogP contribution in [0.2, 0.25) is 0 Å². The Morgan fingerprint density at radius 2 is 1.18 bits per heavy atom. The molecular weight excluding hydrogens is 923 g/mol. The first-order valence-electron chi connectivity index (χ1n) is 20.5. The molecule has 8 aromatic rings. The Morgan fingerprint density at radius 1 is 0.701 bits per heavy atom. The molecule has 8 rings (SSSR count). The van der Waals surface area contributed by atoms with Gasteiger partial charge < -0.3 is 26.4 Å². The zero-order valence-electron chi connectivity index (χ0n) is 36.5. The number of benzene rings is 2. The first-order valence-corrected chi connectivity index (χ1v) is 22.1. The van der Waals surface area contributed by atoms with Crippen molar-refractivity contribution in [1.29, 1.82) is 0 Å². The first-order chi connectivity index (χ1) is 31.7. The average Bonchev–Trinajstić information content (AvgIpc) is 4.09. The molecular formula is C43H44F6N14O2S2. The van der Waals surface area contributed by atoms with Crippen molar-refractivity contribution in [1.82, 2.24) is 56.1 Å². The molecule has 0 saturated carbocycles. The standard InChI is InChI=1S/C24H26F3N7O2S.C19H18F3N7S/c1-13-18-10-15(11-28-19(18)32-31-13)20-33-34-21(37-20)29-12-17(30-22(35)36-23(2,3)4)9-14-6-5-7-16(8-14)24(25,26)27;1-10-15-7-12(8-24-16(15)27-26-10)17-28-29-18(30-17)25-9-14(23)6-11-3-2-4-13(5-11)19(20,21)22/h5-8,10-11,17H,9,12H2,1-4H3,(H,29,34)(H,30,35)(H,28,31,32);2-5,7-8,14H,6,9,23H2,1H3,(H,25,29)(H,24,26,27)/t17-;14-/m00/s1. The largest absolute Gasteiger partial charge is 0.444 e. The molecule has 1 amide bonds. The van der Waals surface area contributed by atoms with Crippen molar-refractivity contribution >= 4 is 61.1 Å². The molecule has 16 nitrogen and oxygen atoms in total. The van der Waals surface area contributed by atoms with Crippen LogP contribution in [-0.2, 0) is 29.9 Å². The summed E-state index contributed by atoms with van der Waals surface area (Å²) in [6, 6.07) is 13.1. The average molecular weight is 967 g/mol. The predicted molar refractivity (Wildman–Crippen MR) is 243 cm³/mol. The lowest BCUT2D eigenvalue weighted by Crippen LogP contribution is -2.43. The van der Waals surface area contributed by atoms with Gasteiger partial charge in [0.05, 0.1) is 17.2 Å². The monoisotopic (exact) mass is 966 g/mol. The molecule has 0 unspecified atom stereocenters. The molecule has 0 spiro atoms. The number of halogens is 6. The number of nitrogens with two attached hydrogens (primary N) is 1. The van der Waals surface area contributed by atoms with Crippen molar-refractivity contribution in [2.24, 2.45) is 5.73 Å². The van der Waals surface area contributed by atoms with Gasteiger partial charge in [-0.3, -0.25) is 10.2 Å². The molecule has 0 saturated heterocycles. The Balaban J connectivity index is 0.000000203. The van der Waals surface area contributed by atoms with Gasteiger partial charge in [0.1, 0.15) is 5.60 Å². The molecule has 0 aliphatic heterocycles. The van der Waals surface area contributed by atoms with Gasteiger partial charge in [0, 0.05) is 64.8 Å². The Kier molecular flexibility index (Phi) is 14.4. The summed E-state index contributed by atoms with van der Waals surface area (Å²) in [6.45, 7) is 9.53. The van der Waals surface area contributed by atoms with E-state index < -0.39 is 41.2 Å². The van der Waals surface area contributed by atoms with E-state index in [0.717, 1.165) is 57.6 Å². The van der Waals surface area contributed by atoms with Gasteiger partial charge in [0.25, 0.3) is 0 Å². The molecule has 6 heterocycles. The molecule has 0 bridgehead atoms. The van der Waals surface area contributed by atoms with E-state index in [0.29, 0.717) is 55.7 Å².